The van der Waals surface area contributed by atoms with E-state index < -0.39 is 5.60 Å². The Hall–Kier alpha value is -2.53. The maximum atomic E-state index is 12.6. The van der Waals surface area contributed by atoms with Crippen molar-refractivity contribution >= 4 is 5.91 Å². The van der Waals surface area contributed by atoms with Gasteiger partial charge >= 0.3 is 0 Å². The van der Waals surface area contributed by atoms with Crippen LogP contribution in [0.15, 0.2) is 42.5 Å². The summed E-state index contributed by atoms with van der Waals surface area (Å²) >= 11 is 0. The molecule has 1 aliphatic rings. The Morgan fingerprint density at radius 3 is 2.50 bits per heavy atom. The van der Waals surface area contributed by atoms with E-state index in [4.69, 9.17) is 9.47 Å². The number of carbonyl (C=O) groups is 1. The first-order chi connectivity index (χ1) is 13.4. The second-order valence-electron chi connectivity index (χ2n) is 7.67. The number of likely N-dealkylation sites (tertiary alicyclic amines) is 1. The summed E-state index contributed by atoms with van der Waals surface area (Å²) in [5, 5.41) is 10.8. The highest BCUT2D eigenvalue weighted by atomic mass is 16.5. The summed E-state index contributed by atoms with van der Waals surface area (Å²) in [6.45, 7) is 5.42. The zero-order chi connectivity index (χ0) is 20.1. The molecule has 1 N–H and O–H groups in total. The van der Waals surface area contributed by atoms with Gasteiger partial charge in [-0.1, -0.05) is 18.2 Å². The van der Waals surface area contributed by atoms with E-state index in [1.54, 1.807) is 7.11 Å². The van der Waals surface area contributed by atoms with Gasteiger partial charge in [0.15, 0.2) is 0 Å². The maximum absolute atomic E-state index is 12.6. The van der Waals surface area contributed by atoms with Crippen LogP contribution in [-0.2, 0) is 11.2 Å². The van der Waals surface area contributed by atoms with Gasteiger partial charge in [0.05, 0.1) is 13.5 Å². The molecule has 150 valence electrons. The van der Waals surface area contributed by atoms with Crippen LogP contribution < -0.4 is 9.47 Å². The summed E-state index contributed by atoms with van der Waals surface area (Å²) in [5.41, 5.74) is 2.42. The Morgan fingerprint density at radius 2 is 1.82 bits per heavy atom. The monoisotopic (exact) mass is 383 g/mol. The van der Waals surface area contributed by atoms with Crippen molar-refractivity contribution in [3.8, 4) is 11.5 Å². The van der Waals surface area contributed by atoms with Gasteiger partial charge in [-0.2, -0.15) is 0 Å². The molecule has 2 aromatic rings. The number of aryl methyl sites for hydroxylation is 2. The van der Waals surface area contributed by atoms with Gasteiger partial charge < -0.3 is 19.5 Å². The van der Waals surface area contributed by atoms with Crippen molar-refractivity contribution in [1.82, 2.24) is 4.90 Å². The van der Waals surface area contributed by atoms with Gasteiger partial charge in [0, 0.05) is 13.1 Å². The second kappa shape index (κ2) is 8.65. The zero-order valence-electron chi connectivity index (χ0n) is 16.9. The van der Waals surface area contributed by atoms with E-state index in [9.17, 15) is 9.90 Å². The average molecular weight is 383 g/mol. The van der Waals surface area contributed by atoms with Crippen LogP contribution in [0.2, 0.25) is 0 Å². The molecule has 1 fully saturated rings. The Morgan fingerprint density at radius 1 is 1.07 bits per heavy atom. The van der Waals surface area contributed by atoms with Crippen molar-refractivity contribution < 1.29 is 19.4 Å². The third kappa shape index (κ3) is 5.04. The van der Waals surface area contributed by atoms with Crippen LogP contribution in [0.1, 0.15) is 29.5 Å². The van der Waals surface area contributed by atoms with Crippen LogP contribution >= 0.6 is 0 Å². The third-order valence-corrected chi connectivity index (χ3v) is 5.52. The van der Waals surface area contributed by atoms with Crippen LogP contribution in [0, 0.1) is 13.8 Å². The van der Waals surface area contributed by atoms with Gasteiger partial charge in [0.1, 0.15) is 23.7 Å². The normalized spacial score (nSPS) is 15.9. The first kappa shape index (κ1) is 20.2. The summed E-state index contributed by atoms with van der Waals surface area (Å²) < 4.78 is 11.0. The number of methoxy groups -OCH3 is 1. The molecule has 2 aromatic carbocycles. The minimum atomic E-state index is -0.897. The van der Waals surface area contributed by atoms with Gasteiger partial charge in [0.2, 0.25) is 5.91 Å². The van der Waals surface area contributed by atoms with E-state index in [0.29, 0.717) is 32.4 Å². The fraction of sp³-hybridized carbons (Fsp3) is 0.435. The van der Waals surface area contributed by atoms with Crippen LogP contribution in [0.25, 0.3) is 0 Å². The number of aliphatic hydroxyl groups is 1. The van der Waals surface area contributed by atoms with Crippen LogP contribution in [0.3, 0.4) is 0 Å². The molecule has 1 saturated heterocycles. The predicted molar refractivity (Wildman–Crippen MR) is 109 cm³/mol. The number of hydrogen-bond acceptors (Lipinski definition) is 4. The number of benzene rings is 2. The van der Waals surface area contributed by atoms with Crippen LogP contribution in [0.5, 0.6) is 11.5 Å². The molecule has 0 saturated carbocycles. The highest BCUT2D eigenvalue weighted by molar-refractivity contribution is 5.79. The minimum Gasteiger partial charge on any atom is -0.497 e. The fourth-order valence-electron chi connectivity index (χ4n) is 3.41. The van der Waals surface area contributed by atoms with Crippen molar-refractivity contribution in [2.24, 2.45) is 0 Å². The molecule has 0 spiro atoms. The first-order valence-electron chi connectivity index (χ1n) is 9.72. The molecule has 5 heteroatoms. The second-order valence-corrected chi connectivity index (χ2v) is 7.67. The molecule has 3 rings (SSSR count). The summed E-state index contributed by atoms with van der Waals surface area (Å²) in [5.74, 6) is 1.60. The summed E-state index contributed by atoms with van der Waals surface area (Å²) in [6, 6.07) is 13.5. The molecule has 0 radical (unpaired) electrons. The topological polar surface area (TPSA) is 59.0 Å². The molecule has 0 atom stereocenters. The lowest BCUT2D eigenvalue weighted by atomic mass is 9.92. The molecule has 0 aliphatic carbocycles. The number of ether oxygens (including phenoxy) is 2. The number of carbonyl (C=O) groups excluding carboxylic acids is 1. The van der Waals surface area contributed by atoms with E-state index >= 15 is 0 Å². The Kier molecular flexibility index (Phi) is 6.25. The van der Waals surface area contributed by atoms with E-state index in [0.717, 1.165) is 17.1 Å². The SMILES string of the molecule is COc1cccc(CC(=O)N2CCC(O)(COc3ccc(C)c(C)c3)CC2)c1. The van der Waals surface area contributed by atoms with E-state index in [-0.39, 0.29) is 12.5 Å². The Bertz CT molecular complexity index is 825. The molecule has 1 heterocycles. The number of rotatable bonds is 6. The lowest BCUT2D eigenvalue weighted by Gasteiger charge is -2.38. The smallest absolute Gasteiger partial charge is 0.226 e. The van der Waals surface area contributed by atoms with Crippen LogP contribution in [0.4, 0.5) is 0 Å². The number of amides is 1. The van der Waals surface area contributed by atoms with Crippen molar-refractivity contribution in [2.45, 2.75) is 38.7 Å². The lowest BCUT2D eigenvalue weighted by Crippen LogP contribution is -2.49. The summed E-state index contributed by atoms with van der Waals surface area (Å²) in [4.78, 5) is 14.4. The van der Waals surface area contributed by atoms with E-state index in [1.807, 2.05) is 54.3 Å². The van der Waals surface area contributed by atoms with Crippen molar-refractivity contribution in [2.75, 3.05) is 26.8 Å². The molecular formula is C23H29NO4. The maximum Gasteiger partial charge on any atom is 0.226 e. The summed E-state index contributed by atoms with van der Waals surface area (Å²) in [7, 11) is 1.62. The average Bonchev–Trinajstić information content (AvgIpc) is 2.69. The van der Waals surface area contributed by atoms with Crippen molar-refractivity contribution in [3.63, 3.8) is 0 Å². The molecule has 0 aromatic heterocycles. The van der Waals surface area contributed by atoms with E-state index in [1.165, 1.54) is 11.1 Å². The summed E-state index contributed by atoms with van der Waals surface area (Å²) in [6.07, 6.45) is 1.37. The number of piperidine rings is 1. The molecular weight excluding hydrogens is 354 g/mol. The number of nitrogens with zero attached hydrogens (tertiary/aromatic N) is 1. The van der Waals surface area contributed by atoms with Crippen molar-refractivity contribution in [1.29, 1.82) is 0 Å². The van der Waals surface area contributed by atoms with E-state index in [2.05, 4.69) is 6.92 Å². The van der Waals surface area contributed by atoms with Gasteiger partial charge in [-0.15, -0.1) is 0 Å². The van der Waals surface area contributed by atoms with Gasteiger partial charge in [-0.3, -0.25) is 4.79 Å². The molecule has 1 amide bonds. The highest BCUT2D eigenvalue weighted by Crippen LogP contribution is 2.25. The molecule has 28 heavy (non-hydrogen) atoms. The minimum absolute atomic E-state index is 0.0744. The predicted octanol–water partition coefficient (Wildman–Crippen LogP) is 3.29. The van der Waals surface area contributed by atoms with Gasteiger partial charge in [-0.25, -0.2) is 0 Å². The standard InChI is InChI=1S/C23H29NO4/c1-17-7-8-21(13-18(17)2)28-16-23(26)9-11-24(12-10-23)22(25)15-19-5-4-6-20(14-19)27-3/h4-8,13-14,26H,9-12,15-16H2,1-3H3. The first-order valence-corrected chi connectivity index (χ1v) is 9.72. The Labute approximate surface area is 166 Å². The van der Waals surface area contributed by atoms with Crippen molar-refractivity contribution in [3.05, 3.63) is 59.2 Å². The quantitative estimate of drug-likeness (QED) is 0.832. The molecule has 0 unspecified atom stereocenters. The Balaban J connectivity index is 1.51. The number of hydrogen-bond donors (Lipinski definition) is 1. The molecule has 0 bridgehead atoms. The van der Waals surface area contributed by atoms with Crippen LogP contribution in [-0.4, -0.2) is 48.3 Å². The van der Waals surface area contributed by atoms with Gasteiger partial charge in [0.25, 0.3) is 0 Å². The molecule has 1 aliphatic heterocycles. The van der Waals surface area contributed by atoms with Gasteiger partial charge in [-0.05, 0) is 67.6 Å². The largest absolute Gasteiger partial charge is 0.497 e. The fourth-order valence-corrected chi connectivity index (χ4v) is 3.41. The molecule has 5 nitrogen and oxygen atoms in total. The zero-order valence-corrected chi connectivity index (χ0v) is 16.9. The third-order valence-electron chi connectivity index (χ3n) is 5.52. The lowest BCUT2D eigenvalue weighted by molar-refractivity contribution is -0.135. The highest BCUT2D eigenvalue weighted by Gasteiger charge is 2.34.